The van der Waals surface area contributed by atoms with E-state index in [0.717, 1.165) is 16.9 Å². The van der Waals surface area contributed by atoms with Crippen molar-refractivity contribution in [1.29, 1.82) is 0 Å². The maximum absolute atomic E-state index is 11.9. The highest BCUT2D eigenvalue weighted by atomic mass is 32.1. The molecule has 0 unspecified atom stereocenters. The molecule has 24 heavy (non-hydrogen) atoms. The lowest BCUT2D eigenvalue weighted by atomic mass is 10.1. The number of fused-ring (bicyclic) bond motifs is 1. The van der Waals surface area contributed by atoms with Gasteiger partial charge in [-0.3, -0.25) is 9.79 Å². The van der Waals surface area contributed by atoms with Crippen LogP contribution in [0.1, 0.15) is 28.5 Å². The Morgan fingerprint density at radius 2 is 2.21 bits per heavy atom. The standard InChI is InChI=1S/C19H19N3OS/c1-12-5-4-6-17-16(12)9-18(22-17)14(3)21-13(2)10-20-19(23)15-7-8-24-11-15/h4-9,11,22H,2,10H2,1,3H3,(H,20,23)/b21-14+. The molecule has 0 bridgehead atoms. The highest BCUT2D eigenvalue weighted by Gasteiger charge is 2.07. The number of benzene rings is 1. The van der Waals surface area contributed by atoms with Crippen LogP contribution in [-0.4, -0.2) is 23.1 Å². The summed E-state index contributed by atoms with van der Waals surface area (Å²) in [6, 6.07) is 10.1. The van der Waals surface area contributed by atoms with Crippen molar-refractivity contribution in [2.75, 3.05) is 6.54 Å². The van der Waals surface area contributed by atoms with Crippen LogP contribution in [0.3, 0.4) is 0 Å². The van der Waals surface area contributed by atoms with Crippen LogP contribution in [0.2, 0.25) is 0 Å². The Morgan fingerprint density at radius 3 is 2.92 bits per heavy atom. The highest BCUT2D eigenvalue weighted by molar-refractivity contribution is 7.08. The number of carbonyl (C=O) groups excluding carboxylic acids is 1. The minimum absolute atomic E-state index is 0.105. The van der Waals surface area contributed by atoms with Crippen molar-refractivity contribution in [3.05, 3.63) is 70.2 Å². The lowest BCUT2D eigenvalue weighted by Gasteiger charge is -2.04. The van der Waals surface area contributed by atoms with Crippen LogP contribution >= 0.6 is 11.3 Å². The monoisotopic (exact) mass is 337 g/mol. The van der Waals surface area contributed by atoms with Gasteiger partial charge in [-0.05, 0) is 43.0 Å². The first-order chi connectivity index (χ1) is 11.5. The van der Waals surface area contributed by atoms with E-state index >= 15 is 0 Å². The summed E-state index contributed by atoms with van der Waals surface area (Å²) in [4.78, 5) is 19.8. The number of rotatable bonds is 5. The first-order valence-electron chi connectivity index (χ1n) is 7.67. The zero-order valence-electron chi connectivity index (χ0n) is 13.7. The molecule has 0 aliphatic carbocycles. The first kappa shape index (κ1) is 16.2. The number of aromatic nitrogens is 1. The molecule has 0 radical (unpaired) electrons. The topological polar surface area (TPSA) is 57.2 Å². The highest BCUT2D eigenvalue weighted by Crippen LogP contribution is 2.19. The number of aromatic amines is 1. The number of hydrogen-bond acceptors (Lipinski definition) is 3. The number of thiophene rings is 1. The normalized spacial score (nSPS) is 11.7. The summed E-state index contributed by atoms with van der Waals surface area (Å²) in [6.45, 7) is 8.28. The van der Waals surface area contributed by atoms with Crippen molar-refractivity contribution in [2.45, 2.75) is 13.8 Å². The van der Waals surface area contributed by atoms with Gasteiger partial charge in [-0.15, -0.1) is 0 Å². The van der Waals surface area contributed by atoms with Crippen LogP contribution in [0.25, 0.3) is 10.9 Å². The van der Waals surface area contributed by atoms with Gasteiger partial charge in [0.2, 0.25) is 0 Å². The summed E-state index contributed by atoms with van der Waals surface area (Å²) in [5, 5.41) is 7.72. The molecular formula is C19H19N3OS. The maximum atomic E-state index is 11.9. The summed E-state index contributed by atoms with van der Waals surface area (Å²) in [5.74, 6) is -0.105. The SMILES string of the molecule is C=C(CNC(=O)c1ccsc1)/N=C(\C)c1cc2c(C)cccc2[nH]1. The Labute approximate surface area is 144 Å². The number of aliphatic imine (C=N–C) groups is 1. The summed E-state index contributed by atoms with van der Waals surface area (Å²) >= 11 is 1.50. The second kappa shape index (κ2) is 6.84. The average Bonchev–Trinajstić information content (AvgIpc) is 3.22. The van der Waals surface area contributed by atoms with E-state index in [0.29, 0.717) is 17.8 Å². The third kappa shape index (κ3) is 3.46. The Balaban J connectivity index is 1.69. The van der Waals surface area contributed by atoms with Gasteiger partial charge in [0.05, 0.1) is 23.6 Å². The van der Waals surface area contributed by atoms with E-state index in [4.69, 9.17) is 0 Å². The number of H-pyrrole nitrogens is 1. The molecule has 4 nitrogen and oxygen atoms in total. The number of hydrogen-bond donors (Lipinski definition) is 2. The Morgan fingerprint density at radius 1 is 1.38 bits per heavy atom. The minimum atomic E-state index is -0.105. The molecule has 0 saturated carbocycles. The molecule has 2 heterocycles. The third-order valence-electron chi connectivity index (χ3n) is 3.83. The van der Waals surface area contributed by atoms with Gasteiger partial charge in [0.25, 0.3) is 5.91 Å². The van der Waals surface area contributed by atoms with Gasteiger partial charge in [-0.2, -0.15) is 11.3 Å². The summed E-state index contributed by atoms with van der Waals surface area (Å²) in [6.07, 6.45) is 0. The summed E-state index contributed by atoms with van der Waals surface area (Å²) < 4.78 is 0. The zero-order chi connectivity index (χ0) is 17.1. The largest absolute Gasteiger partial charge is 0.354 e. The van der Waals surface area contributed by atoms with Crippen molar-refractivity contribution in [2.24, 2.45) is 4.99 Å². The number of aryl methyl sites for hydroxylation is 1. The van der Waals surface area contributed by atoms with Crippen LogP contribution in [0.5, 0.6) is 0 Å². The molecule has 1 aromatic carbocycles. The van der Waals surface area contributed by atoms with E-state index in [2.05, 4.69) is 47.0 Å². The summed E-state index contributed by atoms with van der Waals surface area (Å²) in [7, 11) is 0. The van der Waals surface area contributed by atoms with Crippen LogP contribution in [0, 0.1) is 6.92 Å². The molecule has 5 heteroatoms. The molecule has 3 aromatic rings. The van der Waals surface area contributed by atoms with E-state index in [1.54, 1.807) is 6.07 Å². The molecule has 2 aromatic heterocycles. The average molecular weight is 337 g/mol. The van der Waals surface area contributed by atoms with E-state index in [1.165, 1.54) is 22.3 Å². The predicted molar refractivity (Wildman–Crippen MR) is 101 cm³/mol. The third-order valence-corrected chi connectivity index (χ3v) is 4.52. The maximum Gasteiger partial charge on any atom is 0.252 e. The minimum Gasteiger partial charge on any atom is -0.354 e. The molecule has 122 valence electrons. The Kier molecular flexibility index (Phi) is 4.62. The lowest BCUT2D eigenvalue weighted by molar-refractivity contribution is 0.0957. The zero-order valence-corrected chi connectivity index (χ0v) is 14.5. The van der Waals surface area contributed by atoms with E-state index in [1.807, 2.05) is 23.8 Å². The van der Waals surface area contributed by atoms with Gasteiger partial charge in [0.1, 0.15) is 0 Å². The molecular weight excluding hydrogens is 318 g/mol. The fourth-order valence-corrected chi connectivity index (χ4v) is 3.15. The van der Waals surface area contributed by atoms with E-state index in [9.17, 15) is 4.79 Å². The summed E-state index contributed by atoms with van der Waals surface area (Å²) in [5.41, 5.74) is 5.41. The quantitative estimate of drug-likeness (QED) is 0.670. The lowest BCUT2D eigenvalue weighted by Crippen LogP contribution is -2.24. The van der Waals surface area contributed by atoms with Gasteiger partial charge in [0.15, 0.2) is 0 Å². The van der Waals surface area contributed by atoms with Crippen LogP contribution in [0.15, 0.2) is 58.4 Å². The van der Waals surface area contributed by atoms with Gasteiger partial charge in [-0.1, -0.05) is 18.7 Å². The predicted octanol–water partition coefficient (Wildman–Crippen LogP) is 4.29. The number of carbonyl (C=O) groups is 1. The van der Waals surface area contributed by atoms with E-state index in [-0.39, 0.29) is 5.91 Å². The van der Waals surface area contributed by atoms with Crippen molar-refractivity contribution in [3.8, 4) is 0 Å². The van der Waals surface area contributed by atoms with Gasteiger partial charge in [-0.25, -0.2) is 0 Å². The van der Waals surface area contributed by atoms with Crippen LogP contribution < -0.4 is 5.32 Å². The molecule has 0 atom stereocenters. The van der Waals surface area contributed by atoms with Gasteiger partial charge < -0.3 is 10.3 Å². The number of amides is 1. The fraction of sp³-hybridized carbons (Fsp3) is 0.158. The van der Waals surface area contributed by atoms with Crippen molar-refractivity contribution in [1.82, 2.24) is 10.3 Å². The molecule has 0 aliphatic heterocycles. The number of nitrogens with one attached hydrogen (secondary N) is 2. The molecule has 0 fully saturated rings. The smallest absolute Gasteiger partial charge is 0.252 e. The Bertz CT molecular complexity index is 919. The van der Waals surface area contributed by atoms with Crippen molar-refractivity contribution < 1.29 is 4.79 Å². The van der Waals surface area contributed by atoms with Crippen molar-refractivity contribution in [3.63, 3.8) is 0 Å². The molecule has 3 rings (SSSR count). The fourth-order valence-electron chi connectivity index (χ4n) is 2.52. The molecule has 1 amide bonds. The van der Waals surface area contributed by atoms with Crippen molar-refractivity contribution >= 4 is 33.9 Å². The first-order valence-corrected chi connectivity index (χ1v) is 8.61. The van der Waals surface area contributed by atoms with Crippen LogP contribution in [-0.2, 0) is 0 Å². The van der Waals surface area contributed by atoms with Crippen LogP contribution in [0.4, 0.5) is 0 Å². The molecule has 0 saturated heterocycles. The second-order valence-electron chi connectivity index (χ2n) is 5.68. The second-order valence-corrected chi connectivity index (χ2v) is 6.46. The molecule has 2 N–H and O–H groups in total. The van der Waals surface area contributed by atoms with Gasteiger partial charge in [0, 0.05) is 21.8 Å². The van der Waals surface area contributed by atoms with Gasteiger partial charge >= 0.3 is 0 Å². The number of nitrogens with zero attached hydrogens (tertiary/aromatic N) is 1. The molecule has 0 spiro atoms. The van der Waals surface area contributed by atoms with E-state index < -0.39 is 0 Å². The molecule has 0 aliphatic rings. The Hall–Kier alpha value is -2.66.